The summed E-state index contributed by atoms with van der Waals surface area (Å²) in [7, 11) is 0. The number of nitrogens with two attached hydrogens (primary N) is 4. The van der Waals surface area contributed by atoms with E-state index in [4.69, 9.17) is 32.4 Å². The van der Waals surface area contributed by atoms with Gasteiger partial charge in [0.15, 0.2) is 23.0 Å². The average Bonchev–Trinajstić information content (AvgIpc) is 2.95. The second kappa shape index (κ2) is 9.48. The highest BCUT2D eigenvalue weighted by Crippen LogP contribution is 2.66. The van der Waals surface area contributed by atoms with Crippen LogP contribution in [0, 0.1) is 35.5 Å². The topological polar surface area (TPSA) is 123 Å². The molecule has 0 radical (unpaired) electrons. The Labute approximate surface area is 260 Å². The number of benzene rings is 3. The number of ether oxygens (including phenoxy) is 2. The van der Waals surface area contributed by atoms with E-state index < -0.39 is 0 Å². The van der Waals surface area contributed by atoms with E-state index in [1.54, 1.807) is 12.1 Å². The zero-order chi connectivity index (χ0) is 29.8. The van der Waals surface area contributed by atoms with E-state index in [2.05, 4.69) is 12.1 Å². The van der Waals surface area contributed by atoms with Gasteiger partial charge in [0, 0.05) is 22.5 Å². The van der Waals surface area contributed by atoms with Crippen molar-refractivity contribution in [1.29, 1.82) is 0 Å². The molecule has 6 heteroatoms. The predicted molar refractivity (Wildman–Crippen MR) is 177 cm³/mol. The van der Waals surface area contributed by atoms with Crippen molar-refractivity contribution in [3.8, 4) is 23.0 Å². The Balaban J connectivity index is 1.27. The van der Waals surface area contributed by atoms with E-state index in [0.29, 0.717) is 34.2 Å². The van der Waals surface area contributed by atoms with E-state index in [0.717, 1.165) is 47.0 Å². The van der Waals surface area contributed by atoms with Crippen molar-refractivity contribution in [3.63, 3.8) is 0 Å². The minimum absolute atomic E-state index is 0.0947. The molecule has 3 aromatic rings. The van der Waals surface area contributed by atoms with Crippen molar-refractivity contribution in [2.24, 2.45) is 35.5 Å². The van der Waals surface area contributed by atoms with Gasteiger partial charge in [-0.25, -0.2) is 0 Å². The zero-order valence-corrected chi connectivity index (χ0v) is 25.7. The first kappa shape index (κ1) is 26.8. The number of anilines is 4. The highest BCUT2D eigenvalue weighted by molar-refractivity contribution is 5.67. The van der Waals surface area contributed by atoms with Gasteiger partial charge < -0.3 is 32.4 Å². The summed E-state index contributed by atoms with van der Waals surface area (Å²) in [6.45, 7) is 0. The van der Waals surface area contributed by atoms with Gasteiger partial charge in [0.05, 0.1) is 11.4 Å². The lowest BCUT2D eigenvalue weighted by Gasteiger charge is -2.58. The maximum atomic E-state index is 7.08. The van der Waals surface area contributed by atoms with Crippen LogP contribution in [0.5, 0.6) is 23.0 Å². The monoisotopic (exact) mass is 590 g/mol. The lowest BCUT2D eigenvalue weighted by Crippen LogP contribution is -2.49. The molecule has 11 rings (SSSR count). The molecule has 8 aliphatic rings. The second-order valence-corrected chi connectivity index (χ2v) is 16.0. The Hall–Kier alpha value is -3.54. The van der Waals surface area contributed by atoms with E-state index in [1.807, 2.05) is 24.3 Å². The van der Waals surface area contributed by atoms with Crippen molar-refractivity contribution in [2.45, 2.75) is 87.9 Å². The fourth-order valence-electron chi connectivity index (χ4n) is 12.0. The molecule has 230 valence electrons. The molecule has 3 aromatic carbocycles. The Morgan fingerprint density at radius 3 is 1.07 bits per heavy atom. The molecule has 8 bridgehead atoms. The summed E-state index contributed by atoms with van der Waals surface area (Å²) in [5.74, 6) is 7.75. The Bertz CT molecular complexity index is 1450. The predicted octanol–water partition coefficient (Wildman–Crippen LogP) is 8.54. The molecule has 0 spiro atoms. The Kier molecular flexibility index (Phi) is 5.78. The van der Waals surface area contributed by atoms with Crippen molar-refractivity contribution in [3.05, 3.63) is 59.7 Å². The summed E-state index contributed by atoms with van der Waals surface area (Å²) >= 11 is 0. The quantitative estimate of drug-likeness (QED) is 0.213. The lowest BCUT2D eigenvalue weighted by atomic mass is 9.47. The molecule has 44 heavy (non-hydrogen) atoms. The molecule has 8 fully saturated rings. The van der Waals surface area contributed by atoms with Crippen LogP contribution in [0.1, 0.15) is 88.2 Å². The van der Waals surface area contributed by atoms with E-state index in [-0.39, 0.29) is 10.8 Å². The van der Waals surface area contributed by atoms with Gasteiger partial charge in [-0.15, -0.1) is 0 Å². The molecule has 8 N–H and O–H groups in total. The summed E-state index contributed by atoms with van der Waals surface area (Å²) in [6.07, 6.45) is 15.7. The fraction of sp³-hybridized carbons (Fsp3) is 0.526. The molecule has 0 atom stereocenters. The minimum Gasteiger partial charge on any atom is -0.451 e. The van der Waals surface area contributed by atoms with Gasteiger partial charge in [0.25, 0.3) is 0 Å². The van der Waals surface area contributed by atoms with Crippen molar-refractivity contribution in [2.75, 3.05) is 22.9 Å². The molecule has 0 aliphatic heterocycles. The summed E-state index contributed by atoms with van der Waals surface area (Å²) < 4.78 is 14.2. The first-order chi connectivity index (χ1) is 21.2. The van der Waals surface area contributed by atoms with Crippen molar-refractivity contribution >= 4 is 22.7 Å². The first-order valence-electron chi connectivity index (χ1n) is 17.1. The van der Waals surface area contributed by atoms with E-state index >= 15 is 0 Å². The average molecular weight is 591 g/mol. The van der Waals surface area contributed by atoms with Gasteiger partial charge in [0.1, 0.15) is 0 Å². The molecule has 0 heterocycles. The summed E-state index contributed by atoms with van der Waals surface area (Å²) in [5.41, 5.74) is 30.5. The van der Waals surface area contributed by atoms with Crippen LogP contribution >= 0.6 is 0 Å². The number of nitrogen functional groups attached to an aromatic ring is 4. The molecule has 8 aliphatic carbocycles. The first-order valence-corrected chi connectivity index (χ1v) is 17.1. The van der Waals surface area contributed by atoms with Gasteiger partial charge in [-0.3, -0.25) is 0 Å². The molecule has 0 aromatic heterocycles. The van der Waals surface area contributed by atoms with Gasteiger partial charge >= 0.3 is 0 Å². The van der Waals surface area contributed by atoms with Crippen LogP contribution in [-0.2, 0) is 10.8 Å². The third kappa shape index (κ3) is 4.19. The van der Waals surface area contributed by atoms with Crippen LogP contribution in [0.4, 0.5) is 22.7 Å². The fourth-order valence-corrected chi connectivity index (χ4v) is 12.0. The maximum absolute atomic E-state index is 7.08. The summed E-state index contributed by atoms with van der Waals surface area (Å²) in [6, 6.07) is 16.0. The highest BCUT2D eigenvalue weighted by atomic mass is 16.5. The smallest absolute Gasteiger partial charge is 0.174 e. The molecule has 6 nitrogen and oxygen atoms in total. The van der Waals surface area contributed by atoms with Gasteiger partial charge in [-0.1, -0.05) is 12.1 Å². The normalized spacial score (nSPS) is 36.1. The number of hydrogen-bond donors (Lipinski definition) is 4. The van der Waals surface area contributed by atoms with Gasteiger partial charge in [0.2, 0.25) is 0 Å². The second-order valence-electron chi connectivity index (χ2n) is 16.0. The molecular formula is C38H46N4O2. The molecule has 0 unspecified atom stereocenters. The lowest BCUT2D eigenvalue weighted by molar-refractivity contribution is -0.00832. The van der Waals surface area contributed by atoms with Crippen LogP contribution in [0.2, 0.25) is 0 Å². The third-order valence-corrected chi connectivity index (χ3v) is 12.8. The van der Waals surface area contributed by atoms with Crippen LogP contribution in [0.3, 0.4) is 0 Å². The molecule has 8 saturated carbocycles. The standard InChI is InChI=1S/C38H46N4O2/c39-27-1-5-33(31(41)13-27)43-35-29(37-15-21-7-22(16-37)9-23(8-21)17-37)3-4-30(36(35)44-34-6-2-28(40)14-32(34)42)38-18-24-10-25(19-38)12-26(11-24)20-38/h1-6,13-14,21-26H,7-12,15-20,39-42H2. The summed E-state index contributed by atoms with van der Waals surface area (Å²) in [4.78, 5) is 0. The van der Waals surface area contributed by atoms with Gasteiger partial charge in [-0.2, -0.15) is 0 Å². The Morgan fingerprint density at radius 2 is 0.773 bits per heavy atom. The van der Waals surface area contributed by atoms with Gasteiger partial charge in [-0.05, 0) is 160 Å². The maximum Gasteiger partial charge on any atom is 0.174 e. The molecule has 0 amide bonds. The number of hydrogen-bond acceptors (Lipinski definition) is 6. The Morgan fingerprint density at radius 1 is 0.455 bits per heavy atom. The third-order valence-electron chi connectivity index (χ3n) is 12.8. The zero-order valence-electron chi connectivity index (χ0n) is 25.7. The summed E-state index contributed by atoms with van der Waals surface area (Å²) in [5, 5.41) is 0. The van der Waals surface area contributed by atoms with Crippen LogP contribution in [0.15, 0.2) is 48.5 Å². The SMILES string of the molecule is Nc1ccc(Oc2c(C34CC5CC(CC(C5)C3)C4)ccc(C34CC5CC(CC(C5)C3)C4)c2Oc2ccc(N)cc2N)c(N)c1. The highest BCUT2D eigenvalue weighted by Gasteiger charge is 2.55. The largest absolute Gasteiger partial charge is 0.451 e. The van der Waals surface area contributed by atoms with Crippen LogP contribution in [0.25, 0.3) is 0 Å². The van der Waals surface area contributed by atoms with E-state index in [1.165, 1.54) is 88.2 Å². The molecular weight excluding hydrogens is 544 g/mol. The minimum atomic E-state index is 0.0947. The van der Waals surface area contributed by atoms with Crippen molar-refractivity contribution in [1.82, 2.24) is 0 Å². The van der Waals surface area contributed by atoms with Crippen molar-refractivity contribution < 1.29 is 9.47 Å². The van der Waals surface area contributed by atoms with Crippen LogP contribution in [-0.4, -0.2) is 0 Å². The molecule has 0 saturated heterocycles. The van der Waals surface area contributed by atoms with E-state index in [9.17, 15) is 0 Å². The van der Waals surface area contributed by atoms with Crippen LogP contribution < -0.4 is 32.4 Å². The number of rotatable bonds is 6.